The number of carbonyl (C=O) groups excluding carboxylic acids is 1. The topological polar surface area (TPSA) is 76.2 Å². The van der Waals surface area contributed by atoms with E-state index in [-0.39, 0.29) is 54.8 Å². The van der Waals surface area contributed by atoms with E-state index in [0.717, 1.165) is 34.6 Å². The zero-order valence-electron chi connectivity index (χ0n) is 44.0. The molecule has 0 saturated carbocycles. The number of carbonyl (C=O) groups is 1. The Morgan fingerprint density at radius 1 is 0.821 bits per heavy atom. The van der Waals surface area contributed by atoms with E-state index >= 15 is 0 Å². The molecule has 0 bridgehead atoms. The third-order valence-corrected chi connectivity index (χ3v) is 11.2. The molecular formula is C50H63IrN2O3-. The Morgan fingerprint density at radius 2 is 1.48 bits per heavy atom. The average molecular weight is 941 g/mol. The molecule has 0 unspecified atom stereocenters. The van der Waals surface area contributed by atoms with Gasteiger partial charge in [0.15, 0.2) is 5.78 Å². The predicted octanol–water partition coefficient (Wildman–Crippen LogP) is 14.3. The molecule has 0 aliphatic rings. The zero-order valence-corrected chi connectivity index (χ0v) is 37.4. The third kappa shape index (κ3) is 9.29. The van der Waals surface area contributed by atoms with Crippen molar-refractivity contribution in [3.8, 4) is 11.3 Å². The molecule has 0 fully saturated rings. The van der Waals surface area contributed by atoms with E-state index in [2.05, 4.69) is 16.0 Å². The summed E-state index contributed by atoms with van der Waals surface area (Å²) in [5.74, 6) is -0.612. The van der Waals surface area contributed by atoms with E-state index in [9.17, 15) is 9.90 Å². The van der Waals surface area contributed by atoms with Gasteiger partial charge in [-0.1, -0.05) is 136 Å². The summed E-state index contributed by atoms with van der Waals surface area (Å²) in [7, 11) is 0. The summed E-state index contributed by atoms with van der Waals surface area (Å²) in [5.41, 5.74) is 1.52. The number of hydrogen-bond acceptors (Lipinski definition) is 5. The summed E-state index contributed by atoms with van der Waals surface area (Å²) in [5, 5.41) is 13.8. The second kappa shape index (κ2) is 16.9. The van der Waals surface area contributed by atoms with Crippen molar-refractivity contribution in [3.63, 3.8) is 0 Å². The monoisotopic (exact) mass is 942 g/mol. The molecule has 301 valence electrons. The molecule has 0 amide bonds. The normalized spacial score (nSPS) is 16.2. The number of furan rings is 1. The third-order valence-electron chi connectivity index (χ3n) is 11.2. The van der Waals surface area contributed by atoms with Crippen molar-refractivity contribution in [3.05, 3.63) is 95.0 Å². The number of aryl methyl sites for hydroxylation is 2. The minimum absolute atomic E-state index is 0. The maximum Gasteiger partial charge on any atom is 0.164 e. The van der Waals surface area contributed by atoms with E-state index in [0.29, 0.717) is 51.4 Å². The van der Waals surface area contributed by atoms with Crippen molar-refractivity contribution in [2.24, 2.45) is 16.2 Å². The fourth-order valence-electron chi connectivity index (χ4n) is 6.72. The molecule has 2 aromatic heterocycles. The number of aliphatic hydroxyl groups is 1. The average Bonchev–Trinajstić information content (AvgIpc) is 3.62. The number of allylic oxidation sites excluding steroid dienone is 2. The van der Waals surface area contributed by atoms with Crippen LogP contribution in [0.15, 0.2) is 70.8 Å². The molecule has 6 rings (SSSR count). The van der Waals surface area contributed by atoms with Gasteiger partial charge in [0.1, 0.15) is 28.3 Å². The number of nitrogens with zero attached hydrogens (tertiary/aromatic N) is 2. The summed E-state index contributed by atoms with van der Waals surface area (Å²) in [6.45, 7) is 18.4. The smallest absolute Gasteiger partial charge is 0.164 e. The van der Waals surface area contributed by atoms with Gasteiger partial charge in [0.25, 0.3) is 0 Å². The quantitative estimate of drug-likeness (QED) is 0.0888. The van der Waals surface area contributed by atoms with Crippen LogP contribution in [0.3, 0.4) is 0 Å². The van der Waals surface area contributed by atoms with Crippen LogP contribution in [-0.4, -0.2) is 20.9 Å². The van der Waals surface area contributed by atoms with Crippen LogP contribution >= 0.6 is 0 Å². The number of ketones is 1. The van der Waals surface area contributed by atoms with Crippen molar-refractivity contribution in [2.75, 3.05) is 0 Å². The van der Waals surface area contributed by atoms with Gasteiger partial charge in [-0.2, -0.15) is 0 Å². The minimum Gasteiger partial charge on any atom is -0.512 e. The number of aliphatic hydroxyl groups excluding tert-OH is 1. The van der Waals surface area contributed by atoms with Crippen LogP contribution < -0.4 is 0 Å². The van der Waals surface area contributed by atoms with Crippen molar-refractivity contribution >= 4 is 49.4 Å². The molecule has 0 aliphatic carbocycles. The summed E-state index contributed by atoms with van der Waals surface area (Å²) < 4.78 is 80.3. The van der Waals surface area contributed by atoms with Gasteiger partial charge in [-0.15, -0.1) is 29.1 Å². The number of rotatable bonds is 9. The SMILES string of the molecule is [2H]/C(C(=O)C(C)(CC)CC)=C(/O)C(C)(CC)CC.[2H]C([2H])([2H])c1ccc2[c-]c(-c3nc(C([2H])([2H])[2H])nc4c3oc3c5ccc(C([2H])([2H])C(C)(C)C)cc5ccc43)cc(C(C)(C)C)c2c1.[Ir]. The first-order valence-corrected chi connectivity index (χ1v) is 19.4. The molecule has 1 radical (unpaired) electrons. The van der Waals surface area contributed by atoms with Gasteiger partial charge in [-0.25, -0.2) is 4.98 Å². The largest absolute Gasteiger partial charge is 0.512 e. The molecule has 0 saturated heterocycles. The minimum atomic E-state index is -2.60. The van der Waals surface area contributed by atoms with E-state index < -0.39 is 41.7 Å². The van der Waals surface area contributed by atoms with Crippen LogP contribution in [0.4, 0.5) is 0 Å². The number of hydrogen-bond donors (Lipinski definition) is 1. The Kier molecular flexibility index (Phi) is 10.0. The standard InChI is InChI=1S/C35H35N2O.C15H28O2.Ir/c1-20-9-11-24-17-25(18-29(28(24)15-20)35(6,7)8)30-33-31(37-21(2)36-30)27-14-12-23-16-22(19-34(3,4)5)10-13-26(23)32(27)38-33;1-7-14(5,8-2)12(16)11-13(17)15(6,9-3)10-4;/h9-16,18H,19H2,1-8H3;11,16H,7-10H2,1-6H3;/q-1;;/b;12-11-;/i1D3,2D3,19D2;11D;. The Balaban J connectivity index is 0.000000414. The van der Waals surface area contributed by atoms with Crippen LogP contribution in [0.2, 0.25) is 0 Å². The summed E-state index contributed by atoms with van der Waals surface area (Å²) in [6, 6.07) is 19.1. The molecule has 6 aromatic rings. The van der Waals surface area contributed by atoms with E-state index in [1.807, 2.05) is 113 Å². The molecular weight excluding hydrogens is 869 g/mol. The fraction of sp³-hybridized carbons (Fsp3) is 0.460. The molecule has 0 aliphatic heterocycles. The Hall–Kier alpha value is -3.86. The van der Waals surface area contributed by atoms with Gasteiger partial charge >= 0.3 is 0 Å². The first-order valence-electron chi connectivity index (χ1n) is 23.9. The van der Waals surface area contributed by atoms with Crippen molar-refractivity contribution in [1.29, 1.82) is 0 Å². The molecule has 0 spiro atoms. The second-order valence-electron chi connectivity index (χ2n) is 17.4. The molecule has 6 heteroatoms. The van der Waals surface area contributed by atoms with Crippen molar-refractivity contribution in [2.45, 2.75) is 134 Å². The molecule has 2 heterocycles. The number of benzene rings is 4. The first kappa shape index (κ1) is 33.1. The van der Waals surface area contributed by atoms with Gasteiger partial charge < -0.3 is 9.52 Å². The Labute approximate surface area is 361 Å². The molecule has 1 N–H and O–H groups in total. The van der Waals surface area contributed by atoms with Crippen LogP contribution in [0.1, 0.15) is 144 Å². The van der Waals surface area contributed by atoms with Crippen molar-refractivity contribution < 1.29 is 46.8 Å². The van der Waals surface area contributed by atoms with E-state index in [1.54, 1.807) is 24.3 Å². The number of fused-ring (bicyclic) bond motifs is 6. The van der Waals surface area contributed by atoms with Gasteiger partial charge in [0.05, 0.1) is 7.06 Å². The second-order valence-corrected chi connectivity index (χ2v) is 17.4. The van der Waals surface area contributed by atoms with Gasteiger partial charge in [-0.05, 0) is 73.6 Å². The fourth-order valence-corrected chi connectivity index (χ4v) is 6.72. The summed E-state index contributed by atoms with van der Waals surface area (Å²) >= 11 is 0. The van der Waals surface area contributed by atoms with Crippen LogP contribution in [0.25, 0.3) is 54.9 Å². The molecule has 56 heavy (non-hydrogen) atoms. The maximum absolute atomic E-state index is 12.3. The first-order chi connectivity index (χ1) is 29.3. The molecule has 5 nitrogen and oxygen atoms in total. The van der Waals surface area contributed by atoms with Crippen LogP contribution in [-0.2, 0) is 36.7 Å². The van der Waals surface area contributed by atoms with Crippen LogP contribution in [0, 0.1) is 36.0 Å². The Bertz CT molecular complexity index is 2770. The van der Waals surface area contributed by atoms with Gasteiger partial charge in [-0.3, -0.25) is 9.78 Å². The maximum atomic E-state index is 12.3. The van der Waals surface area contributed by atoms with Crippen molar-refractivity contribution in [1.82, 2.24) is 9.97 Å². The van der Waals surface area contributed by atoms with Gasteiger partial charge in [0.2, 0.25) is 0 Å². The Morgan fingerprint density at radius 3 is 2.07 bits per heavy atom. The van der Waals surface area contributed by atoms with Crippen LogP contribution in [0.5, 0.6) is 0 Å². The zero-order chi connectivity index (χ0) is 48.3. The molecule has 4 aromatic carbocycles. The summed E-state index contributed by atoms with van der Waals surface area (Å²) in [4.78, 5) is 21.4. The summed E-state index contributed by atoms with van der Waals surface area (Å²) in [6.07, 6.45) is 1.23. The molecule has 0 atom stereocenters. The van der Waals surface area contributed by atoms with E-state index in [4.69, 9.17) is 16.8 Å². The predicted molar refractivity (Wildman–Crippen MR) is 233 cm³/mol. The number of aromatic nitrogens is 2. The van der Waals surface area contributed by atoms with Gasteiger partial charge in [0, 0.05) is 58.7 Å². The van der Waals surface area contributed by atoms with E-state index in [1.165, 1.54) is 0 Å².